The number of aryl methyl sites for hydroxylation is 2. The van der Waals surface area contributed by atoms with Crippen molar-refractivity contribution in [1.29, 1.82) is 0 Å². The van der Waals surface area contributed by atoms with Crippen molar-refractivity contribution in [2.24, 2.45) is 4.99 Å². The highest BCUT2D eigenvalue weighted by Gasteiger charge is 2.11. The highest BCUT2D eigenvalue weighted by Crippen LogP contribution is 2.17. The van der Waals surface area contributed by atoms with Gasteiger partial charge < -0.3 is 15.2 Å². The van der Waals surface area contributed by atoms with Crippen molar-refractivity contribution in [3.63, 3.8) is 0 Å². The first-order valence-electron chi connectivity index (χ1n) is 8.53. The monoisotopic (exact) mass is 506 g/mol. The van der Waals surface area contributed by atoms with Crippen LogP contribution in [0.15, 0.2) is 34.4 Å². The predicted molar refractivity (Wildman–Crippen MR) is 117 cm³/mol. The predicted octanol–water partition coefficient (Wildman–Crippen LogP) is 1.88. The van der Waals surface area contributed by atoms with E-state index in [-0.39, 0.29) is 24.0 Å². The van der Waals surface area contributed by atoms with Gasteiger partial charge in [-0.05, 0) is 38.0 Å². The largest absolute Gasteiger partial charge is 0.357 e. The molecule has 0 amide bonds. The van der Waals surface area contributed by atoms with E-state index < -0.39 is 9.84 Å². The van der Waals surface area contributed by atoms with E-state index in [4.69, 9.17) is 0 Å². The Balaban J connectivity index is 0.00000364. The number of hydrogen-bond acceptors (Lipinski definition) is 5. The van der Waals surface area contributed by atoms with Gasteiger partial charge in [-0.25, -0.2) is 13.4 Å². The minimum atomic E-state index is -3.21. The Labute approximate surface area is 177 Å². The van der Waals surface area contributed by atoms with Gasteiger partial charge in [-0.1, -0.05) is 12.1 Å². The molecule has 2 rings (SSSR count). The third kappa shape index (κ3) is 6.76. The maximum absolute atomic E-state index is 11.7. The summed E-state index contributed by atoms with van der Waals surface area (Å²) in [5.41, 5.74) is 1.68. The Morgan fingerprint density at radius 3 is 2.59 bits per heavy atom. The molecule has 0 unspecified atom stereocenters. The smallest absolute Gasteiger partial charge is 0.191 e. The average molecular weight is 506 g/mol. The number of nitrogens with zero attached hydrogens (tertiary/aromatic N) is 4. The van der Waals surface area contributed by atoms with Crippen LogP contribution >= 0.6 is 24.0 Å². The van der Waals surface area contributed by atoms with Gasteiger partial charge in [0.2, 0.25) is 0 Å². The summed E-state index contributed by atoms with van der Waals surface area (Å²) in [6.45, 7) is 8.34. The fourth-order valence-electron chi connectivity index (χ4n) is 2.58. The Hall–Kier alpha value is -1.69. The van der Waals surface area contributed by atoms with E-state index in [2.05, 4.69) is 25.8 Å². The molecule has 0 aliphatic heterocycles. The Morgan fingerprint density at radius 1 is 1.26 bits per heavy atom. The van der Waals surface area contributed by atoms with E-state index >= 15 is 0 Å². The van der Waals surface area contributed by atoms with Crippen molar-refractivity contribution in [3.05, 3.63) is 41.5 Å². The molecule has 0 saturated heterocycles. The van der Waals surface area contributed by atoms with Crippen LogP contribution < -0.4 is 10.6 Å². The van der Waals surface area contributed by atoms with Gasteiger partial charge in [-0.3, -0.25) is 0 Å². The lowest BCUT2D eigenvalue weighted by atomic mass is 10.1. The van der Waals surface area contributed by atoms with Gasteiger partial charge in [0.15, 0.2) is 21.6 Å². The topological polar surface area (TPSA) is 101 Å². The minimum Gasteiger partial charge on any atom is -0.357 e. The van der Waals surface area contributed by atoms with E-state index in [1.807, 2.05) is 24.5 Å². The summed E-state index contributed by atoms with van der Waals surface area (Å²) in [5.74, 6) is 1.51. The number of aromatic nitrogens is 3. The molecule has 1 aromatic carbocycles. The number of aliphatic imine (C=N–C) groups is 1. The summed E-state index contributed by atoms with van der Waals surface area (Å²) in [6, 6.07) is 5.29. The standard InChI is InChI=1S/C17H26N6O2S.HI/c1-5-18-17(20-11-16-22-21-12-23(16)6-2)19-10-14-7-8-15(13(3)9-14)26(4,24)25;/h7-9,12H,5-6,10-11H2,1-4H3,(H2,18,19,20);1H. The molecular formula is C17H27IN6O2S. The molecule has 0 radical (unpaired) electrons. The molecule has 150 valence electrons. The second-order valence-corrected chi connectivity index (χ2v) is 7.94. The molecule has 8 nitrogen and oxygen atoms in total. The number of nitrogens with one attached hydrogen (secondary N) is 2. The zero-order valence-electron chi connectivity index (χ0n) is 16.1. The summed E-state index contributed by atoms with van der Waals surface area (Å²) in [6.07, 6.45) is 2.92. The molecule has 2 aromatic rings. The number of rotatable bonds is 7. The van der Waals surface area contributed by atoms with Crippen molar-refractivity contribution in [3.8, 4) is 0 Å². The molecule has 0 saturated carbocycles. The fourth-order valence-corrected chi connectivity index (χ4v) is 3.54. The highest BCUT2D eigenvalue weighted by atomic mass is 127. The third-order valence-corrected chi connectivity index (χ3v) is 5.11. The van der Waals surface area contributed by atoms with E-state index in [1.165, 1.54) is 6.26 Å². The van der Waals surface area contributed by atoms with E-state index in [0.717, 1.165) is 30.0 Å². The number of benzene rings is 1. The number of sulfone groups is 1. The van der Waals surface area contributed by atoms with Crippen LogP contribution in [-0.4, -0.2) is 41.9 Å². The minimum absolute atomic E-state index is 0. The summed E-state index contributed by atoms with van der Waals surface area (Å²) < 4.78 is 25.4. The van der Waals surface area contributed by atoms with Crippen LogP contribution in [0.25, 0.3) is 0 Å². The molecular weight excluding hydrogens is 479 g/mol. The molecule has 0 aliphatic carbocycles. The van der Waals surface area contributed by atoms with Crippen LogP contribution in [0.2, 0.25) is 0 Å². The number of guanidine groups is 1. The summed E-state index contributed by atoms with van der Waals surface area (Å²) in [4.78, 5) is 4.91. The molecule has 10 heteroatoms. The van der Waals surface area contributed by atoms with Crippen molar-refractivity contribution in [2.45, 2.75) is 45.3 Å². The fraction of sp³-hybridized carbons (Fsp3) is 0.471. The number of halogens is 1. The first-order chi connectivity index (χ1) is 12.3. The zero-order chi connectivity index (χ0) is 19.2. The second kappa shape index (κ2) is 10.6. The van der Waals surface area contributed by atoms with Crippen molar-refractivity contribution < 1.29 is 8.42 Å². The Kier molecular flexibility index (Phi) is 9.16. The maximum atomic E-state index is 11.7. The lowest BCUT2D eigenvalue weighted by molar-refractivity contribution is 0.601. The van der Waals surface area contributed by atoms with Crippen LogP contribution in [-0.2, 0) is 29.5 Å². The van der Waals surface area contributed by atoms with Gasteiger partial charge >= 0.3 is 0 Å². The van der Waals surface area contributed by atoms with E-state index in [9.17, 15) is 8.42 Å². The van der Waals surface area contributed by atoms with Crippen molar-refractivity contribution >= 4 is 39.8 Å². The van der Waals surface area contributed by atoms with Crippen LogP contribution in [0.3, 0.4) is 0 Å². The van der Waals surface area contributed by atoms with Crippen LogP contribution in [0.1, 0.15) is 30.8 Å². The van der Waals surface area contributed by atoms with E-state index in [1.54, 1.807) is 25.4 Å². The molecule has 0 spiro atoms. The van der Waals surface area contributed by atoms with Gasteiger partial charge in [0, 0.05) is 19.3 Å². The lowest BCUT2D eigenvalue weighted by Crippen LogP contribution is -2.37. The Bertz CT molecular complexity index is 879. The first kappa shape index (κ1) is 23.3. The van der Waals surface area contributed by atoms with Gasteiger partial charge in [0.25, 0.3) is 0 Å². The molecule has 1 heterocycles. The summed E-state index contributed by atoms with van der Waals surface area (Å²) >= 11 is 0. The normalized spacial score (nSPS) is 11.8. The van der Waals surface area contributed by atoms with Crippen LogP contribution in [0.5, 0.6) is 0 Å². The van der Waals surface area contributed by atoms with Gasteiger partial charge in [0.05, 0.1) is 18.0 Å². The summed E-state index contributed by atoms with van der Waals surface area (Å²) in [5, 5.41) is 14.4. The third-order valence-electron chi connectivity index (χ3n) is 3.85. The average Bonchev–Trinajstić information content (AvgIpc) is 3.03. The van der Waals surface area contributed by atoms with Crippen LogP contribution in [0, 0.1) is 6.92 Å². The van der Waals surface area contributed by atoms with E-state index in [0.29, 0.717) is 23.9 Å². The molecule has 2 N–H and O–H groups in total. The molecule has 0 bridgehead atoms. The maximum Gasteiger partial charge on any atom is 0.191 e. The highest BCUT2D eigenvalue weighted by molar-refractivity contribution is 14.0. The second-order valence-electron chi connectivity index (χ2n) is 5.95. The van der Waals surface area contributed by atoms with Gasteiger partial charge in [0.1, 0.15) is 6.33 Å². The molecule has 0 fully saturated rings. The molecule has 0 aliphatic rings. The number of hydrogen-bond donors (Lipinski definition) is 2. The molecule has 1 aromatic heterocycles. The molecule has 27 heavy (non-hydrogen) atoms. The van der Waals surface area contributed by atoms with Gasteiger partial charge in [-0.2, -0.15) is 0 Å². The first-order valence-corrected chi connectivity index (χ1v) is 10.4. The lowest BCUT2D eigenvalue weighted by Gasteiger charge is -2.12. The van der Waals surface area contributed by atoms with Crippen molar-refractivity contribution in [1.82, 2.24) is 25.4 Å². The SMILES string of the molecule is CCNC(=NCc1ccc(S(C)(=O)=O)c(C)c1)NCc1nncn1CC.I. The zero-order valence-corrected chi connectivity index (χ0v) is 19.2. The quantitative estimate of drug-likeness (QED) is 0.338. The van der Waals surface area contributed by atoms with Gasteiger partial charge in [-0.15, -0.1) is 34.2 Å². The van der Waals surface area contributed by atoms with Crippen LogP contribution in [0.4, 0.5) is 0 Å². The molecule has 0 atom stereocenters. The summed E-state index contributed by atoms with van der Waals surface area (Å²) in [7, 11) is -3.21. The Morgan fingerprint density at radius 2 is 2.00 bits per heavy atom. The van der Waals surface area contributed by atoms with Crippen molar-refractivity contribution in [2.75, 3.05) is 12.8 Å².